The summed E-state index contributed by atoms with van der Waals surface area (Å²) >= 11 is 0. The molecule has 120 valence electrons. The lowest BCUT2D eigenvalue weighted by Crippen LogP contribution is -2.39. The van der Waals surface area contributed by atoms with Crippen LogP contribution in [0.1, 0.15) is 32.4 Å². The fourth-order valence-electron chi connectivity index (χ4n) is 2.52. The van der Waals surface area contributed by atoms with Crippen LogP contribution in [-0.2, 0) is 13.1 Å². The van der Waals surface area contributed by atoms with Crippen molar-refractivity contribution >= 4 is 11.8 Å². The molecule has 0 spiro atoms. The van der Waals surface area contributed by atoms with Gasteiger partial charge in [-0.2, -0.15) is 0 Å². The summed E-state index contributed by atoms with van der Waals surface area (Å²) in [7, 11) is 1.52. The molecule has 23 heavy (non-hydrogen) atoms. The Morgan fingerprint density at radius 1 is 1.26 bits per heavy atom. The van der Waals surface area contributed by atoms with Gasteiger partial charge in [-0.3, -0.25) is 9.59 Å². The van der Waals surface area contributed by atoms with Crippen molar-refractivity contribution in [3.05, 3.63) is 46.8 Å². The fourth-order valence-corrected chi connectivity index (χ4v) is 2.52. The van der Waals surface area contributed by atoms with Gasteiger partial charge in [-0.15, -0.1) is 10.2 Å². The van der Waals surface area contributed by atoms with Gasteiger partial charge in [0.25, 0.3) is 11.8 Å². The van der Waals surface area contributed by atoms with Gasteiger partial charge >= 0.3 is 0 Å². The molecule has 2 heterocycles. The molecule has 1 N–H and O–H groups in total. The Balaban J connectivity index is 1.82. The first-order valence-corrected chi connectivity index (χ1v) is 7.21. The van der Waals surface area contributed by atoms with Gasteiger partial charge in [0.1, 0.15) is 5.82 Å². The Kier molecular flexibility index (Phi) is 3.81. The van der Waals surface area contributed by atoms with Crippen LogP contribution >= 0.6 is 0 Å². The minimum absolute atomic E-state index is 0.232. The van der Waals surface area contributed by atoms with E-state index in [4.69, 9.17) is 0 Å². The van der Waals surface area contributed by atoms with Crippen LogP contribution < -0.4 is 5.32 Å². The van der Waals surface area contributed by atoms with Crippen molar-refractivity contribution in [2.45, 2.75) is 20.0 Å². The average molecular weight is 317 g/mol. The number of halogens is 1. The quantitative estimate of drug-likeness (QED) is 0.886. The molecule has 0 fully saturated rings. The van der Waals surface area contributed by atoms with E-state index in [1.165, 1.54) is 13.1 Å². The number of carbonyl (C=O) groups is 2. The highest BCUT2D eigenvalue weighted by molar-refractivity contribution is 5.94. The standard InChI is InChI=1S/C15H16FN5O2/c1-9-3-4-10(7-11(9)16)15(23)20-5-6-21-12(8-20)18-19-13(21)14(22)17-2/h3-4,7H,5-6,8H2,1-2H3,(H,17,22). The van der Waals surface area contributed by atoms with Crippen molar-refractivity contribution in [2.75, 3.05) is 13.6 Å². The maximum absolute atomic E-state index is 13.6. The Bertz CT molecular complexity index is 786. The van der Waals surface area contributed by atoms with E-state index in [-0.39, 0.29) is 24.2 Å². The summed E-state index contributed by atoms with van der Waals surface area (Å²) in [6.45, 7) is 2.71. The first-order chi connectivity index (χ1) is 11.0. The highest BCUT2D eigenvalue weighted by Crippen LogP contribution is 2.17. The molecule has 1 aromatic heterocycles. The summed E-state index contributed by atoms with van der Waals surface area (Å²) in [4.78, 5) is 25.8. The van der Waals surface area contributed by atoms with Gasteiger partial charge in [0, 0.05) is 25.7 Å². The van der Waals surface area contributed by atoms with Gasteiger partial charge in [-0.05, 0) is 24.6 Å². The van der Waals surface area contributed by atoms with Gasteiger partial charge in [-0.25, -0.2) is 4.39 Å². The number of carbonyl (C=O) groups excluding carboxylic acids is 2. The van der Waals surface area contributed by atoms with E-state index in [1.807, 2.05) is 0 Å². The maximum Gasteiger partial charge on any atom is 0.288 e. The molecule has 1 aromatic carbocycles. The Hall–Kier alpha value is -2.77. The van der Waals surface area contributed by atoms with Crippen LogP contribution in [0.3, 0.4) is 0 Å². The minimum atomic E-state index is -0.405. The highest BCUT2D eigenvalue weighted by Gasteiger charge is 2.27. The van der Waals surface area contributed by atoms with Gasteiger partial charge in [-0.1, -0.05) is 6.07 Å². The Morgan fingerprint density at radius 2 is 2.04 bits per heavy atom. The van der Waals surface area contributed by atoms with Crippen LogP contribution in [0.2, 0.25) is 0 Å². The van der Waals surface area contributed by atoms with Crippen molar-refractivity contribution in [1.82, 2.24) is 25.0 Å². The largest absolute Gasteiger partial charge is 0.352 e. The predicted octanol–water partition coefficient (Wildman–Crippen LogP) is 0.741. The van der Waals surface area contributed by atoms with E-state index in [9.17, 15) is 14.0 Å². The van der Waals surface area contributed by atoms with E-state index in [2.05, 4.69) is 15.5 Å². The lowest BCUT2D eigenvalue weighted by molar-refractivity contribution is 0.0705. The molecule has 0 aliphatic carbocycles. The number of rotatable bonds is 2. The van der Waals surface area contributed by atoms with Crippen LogP contribution in [0, 0.1) is 12.7 Å². The summed E-state index contributed by atoms with van der Waals surface area (Å²) in [6.07, 6.45) is 0. The third kappa shape index (κ3) is 2.67. The van der Waals surface area contributed by atoms with E-state index >= 15 is 0 Å². The van der Waals surface area contributed by atoms with Gasteiger partial charge < -0.3 is 14.8 Å². The van der Waals surface area contributed by atoms with Gasteiger partial charge in [0.15, 0.2) is 5.82 Å². The molecule has 2 aromatic rings. The highest BCUT2D eigenvalue weighted by atomic mass is 19.1. The molecule has 0 atom stereocenters. The van der Waals surface area contributed by atoms with E-state index in [0.717, 1.165) is 0 Å². The molecule has 0 bridgehead atoms. The molecule has 7 nitrogen and oxygen atoms in total. The zero-order valence-electron chi connectivity index (χ0n) is 12.8. The summed E-state index contributed by atoms with van der Waals surface area (Å²) < 4.78 is 15.3. The summed E-state index contributed by atoms with van der Waals surface area (Å²) in [5, 5.41) is 10.3. The Labute approximate surface area is 132 Å². The number of hydrogen-bond acceptors (Lipinski definition) is 4. The number of nitrogens with zero attached hydrogens (tertiary/aromatic N) is 4. The van der Waals surface area contributed by atoms with Crippen LogP contribution in [-0.4, -0.2) is 45.1 Å². The third-order valence-corrected chi connectivity index (χ3v) is 3.89. The lowest BCUT2D eigenvalue weighted by atomic mass is 10.1. The van der Waals surface area contributed by atoms with Gasteiger partial charge in [0.05, 0.1) is 6.54 Å². The summed E-state index contributed by atoms with van der Waals surface area (Å²) in [5.41, 5.74) is 0.794. The molecule has 0 saturated carbocycles. The number of nitrogens with one attached hydrogen (secondary N) is 1. The maximum atomic E-state index is 13.6. The van der Waals surface area contributed by atoms with Crippen molar-refractivity contribution in [3.8, 4) is 0 Å². The monoisotopic (exact) mass is 317 g/mol. The number of benzene rings is 1. The molecular formula is C15H16FN5O2. The van der Waals surface area contributed by atoms with Crippen molar-refractivity contribution in [1.29, 1.82) is 0 Å². The second kappa shape index (κ2) is 5.79. The van der Waals surface area contributed by atoms with Crippen molar-refractivity contribution in [3.63, 3.8) is 0 Å². The van der Waals surface area contributed by atoms with E-state index in [0.29, 0.717) is 30.0 Å². The summed E-state index contributed by atoms with van der Waals surface area (Å²) in [5.74, 6) is -0.214. The van der Waals surface area contributed by atoms with Crippen LogP contribution in [0.4, 0.5) is 4.39 Å². The average Bonchev–Trinajstić information content (AvgIpc) is 2.99. The van der Waals surface area contributed by atoms with Crippen LogP contribution in [0.25, 0.3) is 0 Å². The molecule has 1 aliphatic heterocycles. The number of aryl methyl sites for hydroxylation is 1. The van der Waals surface area contributed by atoms with E-state index in [1.54, 1.807) is 28.5 Å². The summed E-state index contributed by atoms with van der Waals surface area (Å²) in [6, 6.07) is 4.43. The SMILES string of the molecule is CNC(=O)c1nnc2n1CCN(C(=O)c1ccc(C)c(F)c1)C2. The molecule has 3 rings (SSSR count). The smallest absolute Gasteiger partial charge is 0.288 e. The normalized spacial score (nSPS) is 13.6. The molecular weight excluding hydrogens is 301 g/mol. The van der Waals surface area contributed by atoms with Gasteiger partial charge in [0.2, 0.25) is 5.82 Å². The van der Waals surface area contributed by atoms with Crippen LogP contribution in [0.15, 0.2) is 18.2 Å². The molecule has 0 saturated heterocycles. The molecule has 2 amide bonds. The topological polar surface area (TPSA) is 80.1 Å². The predicted molar refractivity (Wildman–Crippen MR) is 79.3 cm³/mol. The van der Waals surface area contributed by atoms with Crippen molar-refractivity contribution in [2.24, 2.45) is 0 Å². The second-order valence-corrected chi connectivity index (χ2v) is 5.36. The lowest BCUT2D eigenvalue weighted by Gasteiger charge is -2.27. The second-order valence-electron chi connectivity index (χ2n) is 5.36. The van der Waals surface area contributed by atoms with E-state index < -0.39 is 5.82 Å². The number of hydrogen-bond donors (Lipinski definition) is 1. The Morgan fingerprint density at radius 3 is 2.74 bits per heavy atom. The first kappa shape index (κ1) is 15.1. The first-order valence-electron chi connectivity index (χ1n) is 7.21. The zero-order chi connectivity index (χ0) is 16.6. The number of aromatic nitrogens is 3. The molecule has 8 heteroatoms. The number of fused-ring (bicyclic) bond motifs is 1. The third-order valence-electron chi connectivity index (χ3n) is 3.89. The minimum Gasteiger partial charge on any atom is -0.352 e. The molecule has 0 radical (unpaired) electrons. The fraction of sp³-hybridized carbons (Fsp3) is 0.333. The molecule has 1 aliphatic rings. The van der Waals surface area contributed by atoms with Crippen molar-refractivity contribution < 1.29 is 14.0 Å². The zero-order valence-corrected chi connectivity index (χ0v) is 12.8. The number of amides is 2. The van der Waals surface area contributed by atoms with Crippen LogP contribution in [0.5, 0.6) is 0 Å². The molecule has 0 unspecified atom stereocenters.